The van der Waals surface area contributed by atoms with E-state index in [0.717, 1.165) is 12.8 Å². The van der Waals surface area contributed by atoms with E-state index in [-0.39, 0.29) is 0 Å². The van der Waals surface area contributed by atoms with E-state index in [2.05, 4.69) is 50.0 Å². The van der Waals surface area contributed by atoms with Gasteiger partial charge in [0.2, 0.25) is 0 Å². The van der Waals surface area contributed by atoms with Crippen molar-refractivity contribution in [2.75, 3.05) is 5.32 Å². The zero-order valence-electron chi connectivity index (χ0n) is 9.09. The lowest BCUT2D eigenvalue weighted by Gasteiger charge is -2.15. The van der Waals surface area contributed by atoms with E-state index >= 15 is 0 Å². The summed E-state index contributed by atoms with van der Waals surface area (Å²) in [6, 6.07) is 8.89. The summed E-state index contributed by atoms with van der Waals surface area (Å²) in [4.78, 5) is 0. The molecule has 0 saturated heterocycles. The fraction of sp³-hybridized carbons (Fsp3) is 0.385. The summed E-state index contributed by atoms with van der Waals surface area (Å²) in [5.41, 5.74) is 2.54. The second-order valence-electron chi connectivity index (χ2n) is 3.73. The fourth-order valence-corrected chi connectivity index (χ4v) is 1.44. The van der Waals surface area contributed by atoms with Gasteiger partial charge in [-0.05, 0) is 38.3 Å². The maximum absolute atomic E-state index is 3.73. The highest BCUT2D eigenvalue weighted by atomic mass is 14.9. The van der Waals surface area contributed by atoms with Gasteiger partial charge < -0.3 is 5.32 Å². The lowest BCUT2D eigenvalue weighted by molar-refractivity contribution is 0.718. The SMILES string of the molecule is C=CCC[C@@H](C)Nc1ccccc1C. The number of hydrogen-bond acceptors (Lipinski definition) is 1. The van der Waals surface area contributed by atoms with Gasteiger partial charge in [-0.2, -0.15) is 0 Å². The van der Waals surface area contributed by atoms with Crippen LogP contribution in [-0.4, -0.2) is 6.04 Å². The Balaban J connectivity index is 2.51. The third-order valence-corrected chi connectivity index (χ3v) is 2.35. The summed E-state index contributed by atoms with van der Waals surface area (Å²) in [7, 11) is 0. The van der Waals surface area contributed by atoms with E-state index in [4.69, 9.17) is 0 Å². The van der Waals surface area contributed by atoms with Crippen molar-refractivity contribution < 1.29 is 0 Å². The number of benzene rings is 1. The minimum atomic E-state index is 0.508. The van der Waals surface area contributed by atoms with Gasteiger partial charge in [0.15, 0.2) is 0 Å². The standard InChI is InChI=1S/C13H19N/c1-4-5-9-12(3)14-13-10-7-6-8-11(13)2/h4,6-8,10,12,14H,1,5,9H2,2-3H3/t12-/m1/s1. The third-order valence-electron chi connectivity index (χ3n) is 2.35. The average Bonchev–Trinajstić information content (AvgIpc) is 2.18. The van der Waals surface area contributed by atoms with Crippen LogP contribution < -0.4 is 5.32 Å². The predicted molar refractivity (Wildman–Crippen MR) is 63.7 cm³/mol. The molecule has 0 unspecified atom stereocenters. The van der Waals surface area contributed by atoms with Crippen LogP contribution in [0.5, 0.6) is 0 Å². The molecule has 1 heteroatoms. The summed E-state index contributed by atoms with van der Waals surface area (Å²) < 4.78 is 0. The molecule has 0 aliphatic heterocycles. The molecule has 1 aromatic carbocycles. The fourth-order valence-electron chi connectivity index (χ4n) is 1.44. The molecule has 0 bridgehead atoms. The van der Waals surface area contributed by atoms with Gasteiger partial charge in [0.05, 0.1) is 0 Å². The Morgan fingerprint density at radius 3 is 2.79 bits per heavy atom. The number of hydrogen-bond donors (Lipinski definition) is 1. The van der Waals surface area contributed by atoms with Gasteiger partial charge in [-0.25, -0.2) is 0 Å². The lowest BCUT2D eigenvalue weighted by Crippen LogP contribution is -2.15. The topological polar surface area (TPSA) is 12.0 Å². The lowest BCUT2D eigenvalue weighted by atomic mass is 10.1. The molecule has 14 heavy (non-hydrogen) atoms. The van der Waals surface area contributed by atoms with Gasteiger partial charge >= 0.3 is 0 Å². The van der Waals surface area contributed by atoms with Crippen LogP contribution in [0.4, 0.5) is 5.69 Å². The van der Waals surface area contributed by atoms with Crippen LogP contribution in [0.3, 0.4) is 0 Å². The predicted octanol–water partition coefficient (Wildman–Crippen LogP) is 3.76. The Hall–Kier alpha value is -1.24. The van der Waals surface area contributed by atoms with Crippen molar-refractivity contribution in [3.63, 3.8) is 0 Å². The quantitative estimate of drug-likeness (QED) is 0.695. The molecule has 0 saturated carbocycles. The Kier molecular flexibility index (Phi) is 4.24. The normalized spacial score (nSPS) is 12.1. The molecular weight excluding hydrogens is 170 g/mol. The average molecular weight is 189 g/mol. The van der Waals surface area contributed by atoms with E-state index in [9.17, 15) is 0 Å². The van der Waals surface area contributed by atoms with Gasteiger partial charge in [0.1, 0.15) is 0 Å². The summed E-state index contributed by atoms with van der Waals surface area (Å²) in [5, 5.41) is 3.50. The molecule has 0 fully saturated rings. The van der Waals surface area contributed by atoms with Crippen LogP contribution in [-0.2, 0) is 0 Å². The van der Waals surface area contributed by atoms with Crippen LogP contribution in [0, 0.1) is 6.92 Å². The first kappa shape index (κ1) is 10.8. The number of allylic oxidation sites excluding steroid dienone is 1. The number of anilines is 1. The first-order chi connectivity index (χ1) is 6.74. The summed E-state index contributed by atoms with van der Waals surface area (Å²) in [6.07, 6.45) is 4.17. The van der Waals surface area contributed by atoms with Crippen LogP contribution in [0.15, 0.2) is 36.9 Å². The van der Waals surface area contributed by atoms with Crippen LogP contribution in [0.25, 0.3) is 0 Å². The van der Waals surface area contributed by atoms with Crippen molar-refractivity contribution in [3.8, 4) is 0 Å². The Morgan fingerprint density at radius 1 is 1.43 bits per heavy atom. The van der Waals surface area contributed by atoms with Crippen molar-refractivity contribution in [1.29, 1.82) is 0 Å². The van der Waals surface area contributed by atoms with E-state index in [1.807, 2.05) is 6.08 Å². The zero-order valence-corrected chi connectivity index (χ0v) is 9.09. The zero-order chi connectivity index (χ0) is 10.4. The largest absolute Gasteiger partial charge is 0.382 e. The second-order valence-corrected chi connectivity index (χ2v) is 3.73. The second kappa shape index (κ2) is 5.48. The molecule has 1 rings (SSSR count). The molecule has 0 aliphatic carbocycles. The monoisotopic (exact) mass is 189 g/mol. The molecule has 1 nitrogen and oxygen atoms in total. The third kappa shape index (κ3) is 3.25. The van der Waals surface area contributed by atoms with Gasteiger partial charge in [0, 0.05) is 11.7 Å². The Labute approximate surface area is 86.8 Å². The molecule has 76 valence electrons. The van der Waals surface area contributed by atoms with E-state index in [0.29, 0.717) is 6.04 Å². The van der Waals surface area contributed by atoms with Crippen molar-refractivity contribution in [2.24, 2.45) is 0 Å². The maximum Gasteiger partial charge on any atom is 0.0371 e. The molecule has 1 aromatic rings. The van der Waals surface area contributed by atoms with Gasteiger partial charge in [-0.1, -0.05) is 24.3 Å². The van der Waals surface area contributed by atoms with E-state index < -0.39 is 0 Å². The molecule has 0 aromatic heterocycles. The maximum atomic E-state index is 3.73. The number of para-hydroxylation sites is 1. The minimum absolute atomic E-state index is 0.508. The molecule has 1 N–H and O–H groups in total. The number of nitrogens with one attached hydrogen (secondary N) is 1. The molecule has 0 spiro atoms. The highest BCUT2D eigenvalue weighted by molar-refractivity contribution is 5.50. The van der Waals surface area contributed by atoms with E-state index in [1.165, 1.54) is 11.3 Å². The highest BCUT2D eigenvalue weighted by Gasteiger charge is 2.01. The van der Waals surface area contributed by atoms with Gasteiger partial charge in [-0.3, -0.25) is 0 Å². The van der Waals surface area contributed by atoms with E-state index in [1.54, 1.807) is 0 Å². The molecular formula is C13H19N. The highest BCUT2D eigenvalue weighted by Crippen LogP contribution is 2.15. The molecule has 0 aliphatic rings. The van der Waals surface area contributed by atoms with Crippen LogP contribution in [0.1, 0.15) is 25.3 Å². The van der Waals surface area contributed by atoms with Gasteiger partial charge in [-0.15, -0.1) is 6.58 Å². The van der Waals surface area contributed by atoms with Crippen molar-refractivity contribution >= 4 is 5.69 Å². The first-order valence-corrected chi connectivity index (χ1v) is 5.17. The number of rotatable bonds is 5. The Bertz CT molecular complexity index is 291. The van der Waals surface area contributed by atoms with Crippen molar-refractivity contribution in [3.05, 3.63) is 42.5 Å². The van der Waals surface area contributed by atoms with Crippen molar-refractivity contribution in [1.82, 2.24) is 0 Å². The smallest absolute Gasteiger partial charge is 0.0371 e. The van der Waals surface area contributed by atoms with Crippen molar-refractivity contribution in [2.45, 2.75) is 32.7 Å². The van der Waals surface area contributed by atoms with Gasteiger partial charge in [0.25, 0.3) is 0 Å². The Morgan fingerprint density at radius 2 is 2.14 bits per heavy atom. The van der Waals surface area contributed by atoms with Crippen LogP contribution >= 0.6 is 0 Å². The molecule has 0 heterocycles. The molecule has 0 amide bonds. The minimum Gasteiger partial charge on any atom is -0.382 e. The van der Waals surface area contributed by atoms with Crippen LogP contribution in [0.2, 0.25) is 0 Å². The summed E-state index contributed by atoms with van der Waals surface area (Å²) >= 11 is 0. The molecule has 0 radical (unpaired) electrons. The summed E-state index contributed by atoms with van der Waals surface area (Å²) in [5.74, 6) is 0. The first-order valence-electron chi connectivity index (χ1n) is 5.17. The summed E-state index contributed by atoms with van der Waals surface area (Å²) in [6.45, 7) is 8.06. The molecule has 1 atom stereocenters. The number of aryl methyl sites for hydroxylation is 1.